The van der Waals surface area contributed by atoms with Crippen molar-refractivity contribution in [1.82, 2.24) is 9.66 Å². The van der Waals surface area contributed by atoms with Crippen molar-refractivity contribution in [2.75, 3.05) is 13.7 Å². The third kappa shape index (κ3) is 5.67. The molecule has 1 aliphatic carbocycles. The van der Waals surface area contributed by atoms with Crippen molar-refractivity contribution < 1.29 is 14.3 Å². The van der Waals surface area contributed by atoms with Crippen LogP contribution in [0.5, 0.6) is 11.5 Å². The molecular formula is C27H29BrN4O4. The lowest BCUT2D eigenvalue weighted by atomic mass is 9.88. The maximum absolute atomic E-state index is 13.5. The second-order valence-corrected chi connectivity index (χ2v) is 9.70. The van der Waals surface area contributed by atoms with Crippen molar-refractivity contribution >= 4 is 39.0 Å². The zero-order chi connectivity index (χ0) is 25.7. The van der Waals surface area contributed by atoms with Crippen LogP contribution >= 0.6 is 15.9 Å². The standard InChI is InChI=1S/C27H29BrN4O4/c1-3-7-19-12-17(13-23(35-2)25(19)36-16-24(29)33)15-30-32-26(18-8-5-4-6-9-18)31-22-11-10-20(28)14-21(22)27(32)34/h3,10-15,18H,1,4-9,16H2,2H3,(H2,29,33). The first kappa shape index (κ1) is 25.6. The molecule has 8 nitrogen and oxygen atoms in total. The van der Waals surface area contributed by atoms with Gasteiger partial charge in [-0.25, -0.2) is 4.98 Å². The van der Waals surface area contributed by atoms with Gasteiger partial charge in [0, 0.05) is 16.0 Å². The summed E-state index contributed by atoms with van der Waals surface area (Å²) in [5.74, 6) is 1.12. The van der Waals surface area contributed by atoms with Crippen LogP contribution in [0.1, 0.15) is 55.0 Å². The van der Waals surface area contributed by atoms with E-state index in [1.807, 2.05) is 18.2 Å². The van der Waals surface area contributed by atoms with Crippen LogP contribution in [-0.2, 0) is 11.2 Å². The molecule has 1 amide bonds. The quantitative estimate of drug-likeness (QED) is 0.306. The fourth-order valence-corrected chi connectivity index (χ4v) is 4.91. The Morgan fingerprint density at radius 1 is 1.28 bits per heavy atom. The average Bonchev–Trinajstić information content (AvgIpc) is 2.88. The Morgan fingerprint density at radius 3 is 2.75 bits per heavy atom. The highest BCUT2D eigenvalue weighted by molar-refractivity contribution is 9.10. The minimum absolute atomic E-state index is 0.173. The summed E-state index contributed by atoms with van der Waals surface area (Å²) in [5.41, 5.74) is 7.16. The molecule has 4 rings (SSSR count). The number of nitrogens with zero attached hydrogens (tertiary/aromatic N) is 3. The third-order valence-electron chi connectivity index (χ3n) is 6.22. The van der Waals surface area contributed by atoms with Gasteiger partial charge in [-0.05, 0) is 55.2 Å². The van der Waals surface area contributed by atoms with Gasteiger partial charge >= 0.3 is 0 Å². The number of rotatable bonds is 9. The molecule has 0 bridgehead atoms. The van der Waals surface area contributed by atoms with Crippen LogP contribution in [-0.4, -0.2) is 35.5 Å². The van der Waals surface area contributed by atoms with E-state index in [0.717, 1.165) is 35.7 Å². The molecule has 1 heterocycles. The number of carbonyl (C=O) groups is 1. The van der Waals surface area contributed by atoms with Crippen molar-refractivity contribution in [2.24, 2.45) is 10.8 Å². The number of fused-ring (bicyclic) bond motifs is 1. The normalized spacial score (nSPS) is 14.3. The molecule has 3 aromatic rings. The molecule has 9 heteroatoms. The molecule has 0 unspecified atom stereocenters. The van der Waals surface area contributed by atoms with Crippen molar-refractivity contribution in [1.29, 1.82) is 0 Å². The minimum atomic E-state index is -0.586. The molecule has 0 radical (unpaired) electrons. The number of benzene rings is 2. The van der Waals surface area contributed by atoms with Gasteiger partial charge in [-0.15, -0.1) is 6.58 Å². The maximum atomic E-state index is 13.5. The fraction of sp³-hybridized carbons (Fsp3) is 0.333. The molecule has 0 atom stereocenters. The number of hydrogen-bond acceptors (Lipinski definition) is 6. The van der Waals surface area contributed by atoms with E-state index in [2.05, 4.69) is 27.6 Å². The van der Waals surface area contributed by atoms with Crippen molar-refractivity contribution in [2.45, 2.75) is 44.4 Å². The lowest BCUT2D eigenvalue weighted by Crippen LogP contribution is -2.25. The molecular weight excluding hydrogens is 524 g/mol. The fourth-order valence-electron chi connectivity index (χ4n) is 4.55. The van der Waals surface area contributed by atoms with Crippen molar-refractivity contribution in [3.05, 3.63) is 74.8 Å². The number of allylic oxidation sites excluding steroid dienone is 1. The summed E-state index contributed by atoms with van der Waals surface area (Å²) >= 11 is 3.45. The van der Waals surface area contributed by atoms with E-state index < -0.39 is 5.91 Å². The van der Waals surface area contributed by atoms with Crippen molar-refractivity contribution in [3.63, 3.8) is 0 Å². The van der Waals surface area contributed by atoms with Crippen LogP contribution in [0.25, 0.3) is 10.9 Å². The number of methoxy groups -OCH3 is 1. The molecule has 1 fully saturated rings. The number of carbonyl (C=O) groups excluding carboxylic acids is 1. The highest BCUT2D eigenvalue weighted by Crippen LogP contribution is 2.34. The maximum Gasteiger partial charge on any atom is 0.282 e. The Morgan fingerprint density at radius 2 is 2.06 bits per heavy atom. The van der Waals surface area contributed by atoms with Crippen LogP contribution in [0.4, 0.5) is 0 Å². The van der Waals surface area contributed by atoms with Gasteiger partial charge in [-0.1, -0.05) is 41.3 Å². The average molecular weight is 553 g/mol. The van der Waals surface area contributed by atoms with Crippen LogP contribution in [0, 0.1) is 0 Å². The van der Waals surface area contributed by atoms with E-state index in [-0.39, 0.29) is 18.1 Å². The Kier molecular flexibility index (Phi) is 8.20. The predicted molar refractivity (Wildman–Crippen MR) is 144 cm³/mol. The summed E-state index contributed by atoms with van der Waals surface area (Å²) in [6.45, 7) is 3.53. The number of primary amides is 1. The molecule has 1 saturated carbocycles. The monoisotopic (exact) mass is 552 g/mol. The van der Waals surface area contributed by atoms with E-state index in [0.29, 0.717) is 40.2 Å². The number of nitrogens with two attached hydrogens (primary N) is 1. The van der Waals surface area contributed by atoms with Crippen molar-refractivity contribution in [3.8, 4) is 11.5 Å². The van der Waals surface area contributed by atoms with Crippen LogP contribution in [0.2, 0.25) is 0 Å². The summed E-state index contributed by atoms with van der Waals surface area (Å²) < 4.78 is 13.4. The first-order valence-electron chi connectivity index (χ1n) is 11.9. The highest BCUT2D eigenvalue weighted by atomic mass is 79.9. The Hall–Kier alpha value is -3.46. The zero-order valence-corrected chi connectivity index (χ0v) is 21.8. The number of aromatic nitrogens is 2. The van der Waals surface area contributed by atoms with Gasteiger partial charge in [0.2, 0.25) is 0 Å². The Labute approximate surface area is 217 Å². The van der Waals surface area contributed by atoms with E-state index in [9.17, 15) is 9.59 Å². The van der Waals surface area contributed by atoms with Gasteiger partial charge in [-0.2, -0.15) is 9.78 Å². The van der Waals surface area contributed by atoms with Crippen LogP contribution in [0.3, 0.4) is 0 Å². The molecule has 1 aliphatic rings. The molecule has 36 heavy (non-hydrogen) atoms. The second kappa shape index (κ2) is 11.5. The summed E-state index contributed by atoms with van der Waals surface area (Å²) in [6, 6.07) is 9.13. The van der Waals surface area contributed by atoms with Gasteiger partial charge in [0.05, 0.1) is 24.2 Å². The molecule has 2 N–H and O–H groups in total. The van der Waals surface area contributed by atoms with E-state index in [1.165, 1.54) is 18.2 Å². The minimum Gasteiger partial charge on any atom is -0.493 e. The molecule has 0 spiro atoms. The molecule has 0 aliphatic heterocycles. The largest absolute Gasteiger partial charge is 0.493 e. The van der Waals surface area contributed by atoms with Gasteiger partial charge in [0.15, 0.2) is 18.1 Å². The lowest BCUT2D eigenvalue weighted by molar-refractivity contribution is -0.119. The predicted octanol–water partition coefficient (Wildman–Crippen LogP) is 4.69. The first-order chi connectivity index (χ1) is 17.4. The number of ether oxygens (including phenoxy) is 2. The molecule has 1 aromatic heterocycles. The highest BCUT2D eigenvalue weighted by Gasteiger charge is 2.22. The number of hydrogen-bond donors (Lipinski definition) is 1. The Bertz CT molecular complexity index is 1380. The van der Waals surface area contributed by atoms with E-state index in [1.54, 1.807) is 24.4 Å². The van der Waals surface area contributed by atoms with Gasteiger partial charge in [-0.3, -0.25) is 9.59 Å². The topological polar surface area (TPSA) is 109 Å². The summed E-state index contributed by atoms with van der Waals surface area (Å²) in [7, 11) is 1.52. The number of halogens is 1. The summed E-state index contributed by atoms with van der Waals surface area (Å²) in [4.78, 5) is 29.7. The van der Waals surface area contributed by atoms with Gasteiger partial charge in [0.1, 0.15) is 5.82 Å². The van der Waals surface area contributed by atoms with E-state index in [4.69, 9.17) is 20.2 Å². The SMILES string of the molecule is C=CCc1cc(C=Nn2c(C3CCCCC3)nc3ccc(Br)cc3c2=O)cc(OC)c1OCC(N)=O. The van der Waals surface area contributed by atoms with Crippen LogP contribution < -0.4 is 20.8 Å². The molecule has 188 valence electrons. The van der Waals surface area contributed by atoms with Crippen LogP contribution in [0.15, 0.2) is 57.4 Å². The smallest absolute Gasteiger partial charge is 0.282 e. The Balaban J connectivity index is 1.81. The van der Waals surface area contributed by atoms with Gasteiger partial charge in [0.25, 0.3) is 11.5 Å². The van der Waals surface area contributed by atoms with Gasteiger partial charge < -0.3 is 15.2 Å². The zero-order valence-electron chi connectivity index (χ0n) is 20.2. The molecule has 0 saturated heterocycles. The third-order valence-corrected chi connectivity index (χ3v) is 6.72. The molecule has 2 aromatic carbocycles. The first-order valence-corrected chi connectivity index (χ1v) is 12.7. The summed E-state index contributed by atoms with van der Waals surface area (Å²) in [6.07, 6.45) is 9.19. The van der Waals surface area contributed by atoms with E-state index >= 15 is 0 Å². The second-order valence-electron chi connectivity index (χ2n) is 8.79. The number of amides is 1. The lowest BCUT2D eigenvalue weighted by Gasteiger charge is -2.22. The summed E-state index contributed by atoms with van der Waals surface area (Å²) in [5, 5.41) is 5.12.